The van der Waals surface area contributed by atoms with Gasteiger partial charge in [0.25, 0.3) is 0 Å². The Morgan fingerprint density at radius 2 is 1.88 bits per heavy atom. The highest BCUT2D eigenvalue weighted by atomic mass is 19.1. The SMILES string of the molecule is CCC(=O)c1cnc(CC(=O)C2CC2)c2[nH]c(-c3c(F)cc(-c4nccn4C)cc3F)cc12. The molecule has 0 radical (unpaired) electrons. The van der Waals surface area contributed by atoms with E-state index in [1.165, 1.54) is 18.3 Å². The van der Waals surface area contributed by atoms with Gasteiger partial charge in [0, 0.05) is 54.5 Å². The quantitative estimate of drug-likeness (QED) is 0.403. The highest BCUT2D eigenvalue weighted by Crippen LogP contribution is 2.35. The van der Waals surface area contributed by atoms with Crippen LogP contribution < -0.4 is 0 Å². The Morgan fingerprint density at radius 3 is 2.48 bits per heavy atom. The zero-order chi connectivity index (χ0) is 23.3. The van der Waals surface area contributed by atoms with Crippen LogP contribution in [0.4, 0.5) is 8.78 Å². The predicted molar refractivity (Wildman–Crippen MR) is 120 cm³/mol. The second-order valence-electron chi connectivity index (χ2n) is 8.46. The monoisotopic (exact) mass is 448 g/mol. The summed E-state index contributed by atoms with van der Waals surface area (Å²) in [5.41, 5.74) is 1.57. The predicted octanol–water partition coefficient (Wildman–Crippen LogP) is 5.02. The van der Waals surface area contributed by atoms with Gasteiger partial charge in [-0.15, -0.1) is 0 Å². The molecule has 5 rings (SSSR count). The summed E-state index contributed by atoms with van der Waals surface area (Å²) >= 11 is 0. The molecule has 1 aromatic carbocycles. The molecule has 1 saturated carbocycles. The van der Waals surface area contributed by atoms with Crippen LogP contribution in [0.25, 0.3) is 33.5 Å². The fraction of sp³-hybridized carbons (Fsp3) is 0.280. The number of nitrogens with one attached hydrogen (secondary N) is 1. The number of hydrogen-bond acceptors (Lipinski definition) is 4. The van der Waals surface area contributed by atoms with Crippen LogP contribution >= 0.6 is 0 Å². The fourth-order valence-electron chi connectivity index (χ4n) is 4.17. The van der Waals surface area contributed by atoms with E-state index in [1.54, 1.807) is 37.0 Å². The largest absolute Gasteiger partial charge is 0.353 e. The van der Waals surface area contributed by atoms with Gasteiger partial charge in [-0.3, -0.25) is 14.6 Å². The van der Waals surface area contributed by atoms with Gasteiger partial charge in [-0.25, -0.2) is 13.8 Å². The molecule has 0 amide bonds. The molecule has 1 aliphatic carbocycles. The number of fused-ring (bicyclic) bond motifs is 1. The van der Waals surface area contributed by atoms with Crippen LogP contribution in [0.5, 0.6) is 0 Å². The van der Waals surface area contributed by atoms with Gasteiger partial charge in [-0.1, -0.05) is 6.92 Å². The van der Waals surface area contributed by atoms with Crippen LogP contribution in [0.2, 0.25) is 0 Å². The van der Waals surface area contributed by atoms with Gasteiger partial charge in [0.1, 0.15) is 23.2 Å². The molecular formula is C25H22F2N4O2. The number of rotatable bonds is 7. The van der Waals surface area contributed by atoms with E-state index >= 15 is 8.78 Å². The summed E-state index contributed by atoms with van der Waals surface area (Å²) in [6.45, 7) is 1.74. The number of carbonyl (C=O) groups is 2. The molecule has 8 heteroatoms. The van der Waals surface area contributed by atoms with Crippen molar-refractivity contribution < 1.29 is 18.4 Å². The van der Waals surface area contributed by atoms with E-state index in [9.17, 15) is 9.59 Å². The first-order chi connectivity index (χ1) is 15.9. The highest BCUT2D eigenvalue weighted by molar-refractivity contribution is 6.09. The molecule has 168 valence electrons. The van der Waals surface area contributed by atoms with Crippen LogP contribution in [-0.2, 0) is 18.3 Å². The molecule has 0 atom stereocenters. The van der Waals surface area contributed by atoms with Gasteiger partial charge < -0.3 is 9.55 Å². The van der Waals surface area contributed by atoms with Crippen LogP contribution in [0, 0.1) is 17.6 Å². The van der Waals surface area contributed by atoms with Crippen molar-refractivity contribution in [3.05, 3.63) is 59.7 Å². The number of nitrogens with zero attached hydrogens (tertiary/aromatic N) is 3. The Morgan fingerprint density at radius 1 is 1.15 bits per heavy atom. The minimum atomic E-state index is -0.758. The van der Waals surface area contributed by atoms with Crippen molar-refractivity contribution in [1.29, 1.82) is 0 Å². The first-order valence-corrected chi connectivity index (χ1v) is 10.9. The van der Waals surface area contributed by atoms with Gasteiger partial charge in [0.2, 0.25) is 0 Å². The van der Waals surface area contributed by atoms with E-state index in [4.69, 9.17) is 0 Å². The van der Waals surface area contributed by atoms with Crippen molar-refractivity contribution >= 4 is 22.5 Å². The highest BCUT2D eigenvalue weighted by Gasteiger charge is 2.30. The second kappa shape index (κ2) is 8.03. The number of halogens is 2. The minimum absolute atomic E-state index is 0.0572. The number of pyridine rings is 1. The second-order valence-corrected chi connectivity index (χ2v) is 8.46. The number of benzene rings is 1. The number of imidazole rings is 1. The Bertz CT molecular complexity index is 1390. The summed E-state index contributed by atoms with van der Waals surface area (Å²) in [4.78, 5) is 36.5. The number of carbonyl (C=O) groups excluding carboxylic acids is 2. The van der Waals surface area contributed by atoms with Crippen molar-refractivity contribution in [1.82, 2.24) is 19.5 Å². The number of hydrogen-bond donors (Lipinski definition) is 1. The average Bonchev–Trinajstić information content (AvgIpc) is 3.41. The smallest absolute Gasteiger partial charge is 0.164 e. The lowest BCUT2D eigenvalue weighted by molar-refractivity contribution is -0.119. The molecule has 4 aromatic rings. The molecule has 6 nitrogen and oxygen atoms in total. The summed E-state index contributed by atoms with van der Waals surface area (Å²) in [5.74, 6) is -1.06. The molecule has 0 bridgehead atoms. The van der Waals surface area contributed by atoms with E-state index in [0.717, 1.165) is 12.8 Å². The van der Waals surface area contributed by atoms with Gasteiger partial charge >= 0.3 is 0 Å². The van der Waals surface area contributed by atoms with Gasteiger partial charge in [0.15, 0.2) is 5.78 Å². The van der Waals surface area contributed by atoms with Crippen LogP contribution in [0.1, 0.15) is 42.2 Å². The van der Waals surface area contributed by atoms with Gasteiger partial charge in [-0.05, 0) is 31.0 Å². The Hall–Kier alpha value is -3.68. The molecule has 3 heterocycles. The van der Waals surface area contributed by atoms with E-state index in [1.807, 2.05) is 0 Å². The molecule has 0 unspecified atom stereocenters. The van der Waals surface area contributed by atoms with E-state index in [2.05, 4.69) is 15.0 Å². The molecular weight excluding hydrogens is 426 g/mol. The lowest BCUT2D eigenvalue weighted by Crippen LogP contribution is -2.08. The van der Waals surface area contributed by atoms with Gasteiger partial charge in [-0.2, -0.15) is 0 Å². The number of ketones is 2. The van der Waals surface area contributed by atoms with Crippen LogP contribution in [0.15, 0.2) is 36.8 Å². The standard InChI is InChI=1S/C25H22F2N4O2/c1-3-21(32)16-12-29-20(11-22(33)13-4-5-13)24-15(16)10-19(30-24)23-17(26)8-14(9-18(23)27)25-28-6-7-31(25)2/h6-10,12-13,30H,3-5,11H2,1-2H3. The van der Waals surface area contributed by atoms with E-state index < -0.39 is 11.6 Å². The van der Waals surface area contributed by atoms with E-state index in [0.29, 0.717) is 33.5 Å². The maximum absolute atomic E-state index is 15.2. The summed E-state index contributed by atoms with van der Waals surface area (Å²) in [6, 6.07) is 4.03. The fourth-order valence-corrected chi connectivity index (χ4v) is 4.17. The first kappa shape index (κ1) is 21.2. The number of H-pyrrole nitrogens is 1. The third-order valence-electron chi connectivity index (χ3n) is 6.13. The maximum atomic E-state index is 15.2. The van der Waals surface area contributed by atoms with Crippen molar-refractivity contribution in [2.24, 2.45) is 13.0 Å². The van der Waals surface area contributed by atoms with Crippen LogP contribution in [0.3, 0.4) is 0 Å². The zero-order valence-corrected chi connectivity index (χ0v) is 18.3. The van der Waals surface area contributed by atoms with Crippen molar-refractivity contribution in [2.45, 2.75) is 32.6 Å². The normalized spacial score (nSPS) is 13.6. The molecule has 3 aromatic heterocycles. The molecule has 33 heavy (non-hydrogen) atoms. The number of aromatic nitrogens is 4. The Balaban J connectivity index is 1.64. The lowest BCUT2D eigenvalue weighted by Gasteiger charge is -2.07. The van der Waals surface area contributed by atoms with Crippen molar-refractivity contribution in [2.75, 3.05) is 0 Å². The Labute approximate surface area is 188 Å². The molecule has 0 saturated heterocycles. The molecule has 1 aliphatic rings. The van der Waals surface area contributed by atoms with E-state index in [-0.39, 0.29) is 41.6 Å². The summed E-state index contributed by atoms with van der Waals surface area (Å²) in [7, 11) is 1.74. The number of aryl methyl sites for hydroxylation is 1. The van der Waals surface area contributed by atoms with Crippen molar-refractivity contribution in [3.8, 4) is 22.6 Å². The van der Waals surface area contributed by atoms with Crippen molar-refractivity contribution in [3.63, 3.8) is 0 Å². The molecule has 0 aliphatic heterocycles. The average molecular weight is 448 g/mol. The first-order valence-electron chi connectivity index (χ1n) is 10.9. The lowest BCUT2D eigenvalue weighted by atomic mass is 10.0. The van der Waals surface area contributed by atoms with Gasteiger partial charge in [0.05, 0.1) is 28.9 Å². The number of aromatic amines is 1. The molecule has 0 spiro atoms. The summed E-state index contributed by atoms with van der Waals surface area (Å²) in [5, 5.41) is 0.512. The molecule has 1 fully saturated rings. The third kappa shape index (κ3) is 3.75. The van der Waals surface area contributed by atoms with Crippen LogP contribution in [-0.4, -0.2) is 31.1 Å². The summed E-state index contributed by atoms with van der Waals surface area (Å²) in [6.07, 6.45) is 6.84. The number of Topliss-reactive ketones (excluding diaryl/α,β-unsaturated/α-hetero) is 2. The Kier molecular flexibility index (Phi) is 5.15. The third-order valence-corrected chi connectivity index (χ3v) is 6.13. The topological polar surface area (TPSA) is 80.6 Å². The maximum Gasteiger partial charge on any atom is 0.164 e. The molecule has 1 N–H and O–H groups in total. The zero-order valence-electron chi connectivity index (χ0n) is 18.3. The minimum Gasteiger partial charge on any atom is -0.353 e. The summed E-state index contributed by atoms with van der Waals surface area (Å²) < 4.78 is 32.0.